The molecule has 25 heavy (non-hydrogen) atoms. The minimum absolute atomic E-state index is 0.00951. The Balaban J connectivity index is 0.000000271. The third-order valence-corrected chi connectivity index (χ3v) is 4.70. The Bertz CT molecular complexity index is 833. The van der Waals surface area contributed by atoms with Crippen molar-refractivity contribution in [3.63, 3.8) is 0 Å². The van der Waals surface area contributed by atoms with Gasteiger partial charge in [0.2, 0.25) is 0 Å². The van der Waals surface area contributed by atoms with Crippen molar-refractivity contribution < 1.29 is 31.9 Å². The number of carbonyl (C=O) groups is 1. The molecule has 0 heterocycles. The van der Waals surface area contributed by atoms with Crippen molar-refractivity contribution in [1.82, 2.24) is 0 Å². The second kappa shape index (κ2) is 8.33. The smallest absolute Gasteiger partial charge is 0.310 e. The van der Waals surface area contributed by atoms with Gasteiger partial charge < -0.3 is 5.11 Å². The Labute approximate surface area is 144 Å². The van der Waals surface area contributed by atoms with Crippen molar-refractivity contribution in [2.75, 3.05) is 5.32 Å². The van der Waals surface area contributed by atoms with Crippen LogP contribution in [0.5, 0.6) is 11.5 Å². The fraction of sp³-hybridized carbons (Fsp3) is 0.0714. The summed E-state index contributed by atoms with van der Waals surface area (Å²) in [5.41, 5.74) is -0.271. The monoisotopic (exact) mass is 414 g/mol. The van der Waals surface area contributed by atoms with Crippen LogP contribution in [0.15, 0.2) is 42.5 Å². The van der Waals surface area contributed by atoms with Crippen LogP contribution in [-0.4, -0.2) is 43.4 Å². The van der Waals surface area contributed by atoms with Crippen molar-refractivity contribution in [2.45, 2.75) is 6.92 Å². The Kier molecular flexibility index (Phi) is 6.75. The van der Waals surface area contributed by atoms with Gasteiger partial charge in [0, 0.05) is 6.07 Å². The maximum atomic E-state index is 10.9. The van der Waals surface area contributed by atoms with Crippen LogP contribution in [0.3, 0.4) is 0 Å². The largest absolute Gasteiger partial charge is 0.502 e. The topological polar surface area (TPSA) is 170 Å². The van der Waals surface area contributed by atoms with Crippen LogP contribution in [0.25, 0.3) is 0 Å². The average Bonchev–Trinajstić information content (AvgIpc) is 2.48. The van der Waals surface area contributed by atoms with Gasteiger partial charge in [0.15, 0.2) is 5.75 Å². The summed E-state index contributed by atoms with van der Waals surface area (Å²) in [6.45, 7) is 1.23. The van der Waals surface area contributed by atoms with Crippen LogP contribution >= 0.6 is 0 Å². The molecule has 0 atom stereocenters. The number of aromatic hydroxyl groups is 2. The minimum Gasteiger partial charge on any atom is -0.502 e. The number of benzene rings is 2. The van der Waals surface area contributed by atoms with Crippen molar-refractivity contribution in [3.05, 3.63) is 52.6 Å². The van der Waals surface area contributed by atoms with Gasteiger partial charge in [-0.05, 0) is 6.07 Å². The molecular weight excluding hydrogens is 399 g/mol. The maximum Gasteiger partial charge on any atom is 0.310 e. The van der Waals surface area contributed by atoms with Crippen molar-refractivity contribution in [2.24, 2.45) is 0 Å². The van der Waals surface area contributed by atoms with Crippen molar-refractivity contribution in [3.8, 4) is 11.5 Å². The van der Waals surface area contributed by atoms with E-state index in [-0.39, 0.29) is 27.2 Å². The summed E-state index contributed by atoms with van der Waals surface area (Å²) in [5, 5.41) is 30.5. The summed E-state index contributed by atoms with van der Waals surface area (Å²) >= 11 is -4.98. The summed E-state index contributed by atoms with van der Waals surface area (Å²) in [6, 6.07) is 8.87. The number of carbonyl (C=O) groups excluding carboxylic acids is 1. The SMILES string of the molecule is CC(=O)Nc1cc([As](=O)(O)O)ccc1O.O=[N+]([O-])c1ccccc1O. The minimum atomic E-state index is -4.98. The third-order valence-electron chi connectivity index (χ3n) is 2.71. The number of nitro groups is 1. The van der Waals surface area contributed by atoms with Crippen LogP contribution in [0.1, 0.15) is 6.92 Å². The third kappa shape index (κ3) is 6.30. The molecule has 0 radical (unpaired) electrons. The summed E-state index contributed by atoms with van der Waals surface area (Å²) in [6.07, 6.45) is 0. The average molecular weight is 414 g/mol. The molecule has 0 fully saturated rings. The second-order valence-corrected chi connectivity index (χ2v) is 8.04. The molecule has 5 N–H and O–H groups in total. The molecule has 2 aromatic rings. The zero-order chi connectivity index (χ0) is 19.2. The van der Waals surface area contributed by atoms with Gasteiger partial charge in [-0.2, -0.15) is 0 Å². The Morgan fingerprint density at radius 3 is 2.16 bits per heavy atom. The number of nitro benzene ring substituents is 1. The zero-order valence-corrected chi connectivity index (χ0v) is 14.7. The Hall–Kier alpha value is -2.81. The molecule has 0 aliphatic rings. The van der Waals surface area contributed by atoms with Crippen LogP contribution < -0.4 is 9.67 Å². The van der Waals surface area contributed by atoms with E-state index >= 15 is 0 Å². The van der Waals surface area contributed by atoms with E-state index < -0.39 is 25.0 Å². The molecule has 11 heteroatoms. The Morgan fingerprint density at radius 2 is 1.72 bits per heavy atom. The molecule has 134 valence electrons. The number of nitrogens with one attached hydrogen (secondary N) is 1. The molecule has 0 aromatic heterocycles. The number of anilines is 1. The fourth-order valence-electron chi connectivity index (χ4n) is 1.61. The van der Waals surface area contributed by atoms with E-state index in [2.05, 4.69) is 5.32 Å². The quantitative estimate of drug-likeness (QED) is 0.205. The number of para-hydroxylation sites is 2. The summed E-state index contributed by atoms with van der Waals surface area (Å²) in [5.74, 6) is -0.967. The fourth-order valence-corrected chi connectivity index (χ4v) is 2.80. The van der Waals surface area contributed by atoms with Crippen LogP contribution in [-0.2, 0) is 8.53 Å². The van der Waals surface area contributed by atoms with E-state index in [9.17, 15) is 23.8 Å². The number of hydrogen-bond donors (Lipinski definition) is 5. The first-order valence-corrected chi connectivity index (χ1v) is 9.99. The van der Waals surface area contributed by atoms with E-state index in [1.807, 2.05) is 0 Å². The molecule has 0 spiro atoms. The van der Waals surface area contributed by atoms with Gasteiger partial charge in [0.1, 0.15) is 0 Å². The van der Waals surface area contributed by atoms with Crippen LogP contribution in [0, 0.1) is 10.1 Å². The van der Waals surface area contributed by atoms with Crippen molar-refractivity contribution >= 4 is 35.8 Å². The molecule has 0 saturated carbocycles. The van der Waals surface area contributed by atoms with E-state index in [4.69, 9.17) is 13.3 Å². The molecule has 1 amide bonds. The molecule has 0 unspecified atom stereocenters. The van der Waals surface area contributed by atoms with Gasteiger partial charge in [-0.1, -0.05) is 12.1 Å². The molecule has 0 saturated heterocycles. The summed E-state index contributed by atoms with van der Waals surface area (Å²) in [4.78, 5) is 20.2. The second-order valence-electron chi connectivity index (χ2n) is 4.67. The van der Waals surface area contributed by atoms with Gasteiger partial charge in [-0.3, -0.25) is 10.1 Å². The molecule has 2 aromatic carbocycles. The van der Waals surface area contributed by atoms with Crippen LogP contribution in [0.2, 0.25) is 0 Å². The van der Waals surface area contributed by atoms with Gasteiger partial charge in [-0.15, -0.1) is 0 Å². The van der Waals surface area contributed by atoms with Gasteiger partial charge in [0.05, 0.1) is 4.92 Å². The molecule has 0 bridgehead atoms. The number of rotatable bonds is 3. The van der Waals surface area contributed by atoms with E-state index in [0.717, 1.165) is 18.2 Å². The first-order chi connectivity index (χ1) is 11.5. The Morgan fingerprint density at radius 1 is 1.12 bits per heavy atom. The number of nitrogens with zero attached hydrogens (tertiary/aromatic N) is 1. The predicted octanol–water partition coefficient (Wildman–Crippen LogP) is 0.212. The first-order valence-electron chi connectivity index (χ1n) is 6.61. The van der Waals surface area contributed by atoms with E-state index in [0.29, 0.717) is 0 Å². The first kappa shape index (κ1) is 20.2. The molecule has 0 aliphatic carbocycles. The molecule has 2 rings (SSSR count). The van der Waals surface area contributed by atoms with Gasteiger partial charge in [-0.25, -0.2) is 0 Å². The number of amides is 1. The van der Waals surface area contributed by atoms with Gasteiger partial charge >= 0.3 is 93.8 Å². The summed E-state index contributed by atoms with van der Waals surface area (Å²) in [7, 11) is 0. The molecular formula is C14H15AsN2O8. The number of hydrogen-bond acceptors (Lipinski definition) is 6. The van der Waals surface area contributed by atoms with E-state index in [1.54, 1.807) is 0 Å². The van der Waals surface area contributed by atoms with Crippen molar-refractivity contribution in [1.29, 1.82) is 0 Å². The number of phenolic OH excluding ortho intramolecular Hbond substituents is 2. The van der Waals surface area contributed by atoms with Gasteiger partial charge in [0.25, 0.3) is 0 Å². The maximum absolute atomic E-state index is 10.9. The molecule has 0 aliphatic heterocycles. The molecule has 10 nitrogen and oxygen atoms in total. The summed E-state index contributed by atoms with van der Waals surface area (Å²) < 4.78 is 28.6. The van der Waals surface area contributed by atoms with E-state index in [1.165, 1.54) is 31.2 Å². The number of phenols is 2. The predicted molar refractivity (Wildman–Crippen MR) is 87.7 cm³/mol. The van der Waals surface area contributed by atoms with Crippen LogP contribution in [0.4, 0.5) is 11.4 Å². The normalized spacial score (nSPS) is 10.4. The zero-order valence-electron chi connectivity index (χ0n) is 12.9. The standard InChI is InChI=1S/C8H10AsNO5.C6H5NO3/c1-5(11)10-7-4-6(9(13,14)15)2-3-8(7)12;8-6-4-2-1-3-5(6)7(9)10/h2-4,12H,1H3,(H,10,11)(H2,13,14,15);1-4,8H.